The van der Waals surface area contributed by atoms with Crippen molar-refractivity contribution in [2.24, 2.45) is 0 Å². The molecule has 5 nitrogen and oxygen atoms in total. The van der Waals surface area contributed by atoms with Crippen LogP contribution in [0.2, 0.25) is 0 Å². The Bertz CT molecular complexity index is 537. The highest BCUT2D eigenvalue weighted by molar-refractivity contribution is 5.87. The van der Waals surface area contributed by atoms with Crippen molar-refractivity contribution in [3.63, 3.8) is 0 Å². The number of ether oxygens (including phenoxy) is 4. The fourth-order valence-electron chi connectivity index (χ4n) is 2.03. The molecule has 0 radical (unpaired) electrons. The van der Waals surface area contributed by atoms with E-state index < -0.39 is 0 Å². The molecule has 0 heterocycles. The summed E-state index contributed by atoms with van der Waals surface area (Å²) in [5.74, 6) is 1.53. The standard InChI is InChI=1S/C19H28O5/c1-5-9-12-24-19(20)11-10-15-13-17(22-7-3)18(23-8-4)14-16(15)21-6-2/h10-11,13-14H,5-9,12H2,1-4H3. The molecule has 0 bridgehead atoms. The van der Waals surface area contributed by atoms with Crippen molar-refractivity contribution >= 4 is 12.0 Å². The maximum atomic E-state index is 11.7. The Hall–Kier alpha value is -2.17. The topological polar surface area (TPSA) is 54.0 Å². The largest absolute Gasteiger partial charge is 0.493 e. The monoisotopic (exact) mass is 336 g/mol. The molecule has 134 valence electrons. The van der Waals surface area contributed by atoms with E-state index in [9.17, 15) is 4.79 Å². The zero-order valence-corrected chi connectivity index (χ0v) is 15.1. The molecule has 0 spiro atoms. The van der Waals surface area contributed by atoms with Gasteiger partial charge < -0.3 is 18.9 Å². The van der Waals surface area contributed by atoms with E-state index in [1.54, 1.807) is 12.1 Å². The van der Waals surface area contributed by atoms with Gasteiger partial charge in [-0.3, -0.25) is 0 Å². The summed E-state index contributed by atoms with van der Waals surface area (Å²) in [5.41, 5.74) is 0.746. The SMILES string of the molecule is CCCCOC(=O)C=Cc1cc(OCC)c(OCC)cc1OCC. The Morgan fingerprint density at radius 3 is 2.08 bits per heavy atom. The van der Waals surface area contributed by atoms with Crippen molar-refractivity contribution in [3.8, 4) is 17.2 Å². The Labute approximate surface area is 144 Å². The molecule has 0 aliphatic rings. The quantitative estimate of drug-likeness (QED) is 0.344. The minimum absolute atomic E-state index is 0.363. The summed E-state index contributed by atoms with van der Waals surface area (Å²) >= 11 is 0. The van der Waals surface area contributed by atoms with Crippen molar-refractivity contribution in [3.05, 3.63) is 23.8 Å². The van der Waals surface area contributed by atoms with Gasteiger partial charge in [0.1, 0.15) is 5.75 Å². The molecule has 1 aromatic rings. The Kier molecular flexibility index (Phi) is 9.42. The lowest BCUT2D eigenvalue weighted by atomic mass is 10.1. The van der Waals surface area contributed by atoms with Crippen LogP contribution in [-0.2, 0) is 9.53 Å². The number of hydrogen-bond acceptors (Lipinski definition) is 5. The van der Waals surface area contributed by atoms with E-state index in [4.69, 9.17) is 18.9 Å². The van der Waals surface area contributed by atoms with E-state index in [1.165, 1.54) is 6.08 Å². The minimum Gasteiger partial charge on any atom is -0.493 e. The maximum absolute atomic E-state index is 11.7. The average molecular weight is 336 g/mol. The van der Waals surface area contributed by atoms with Crippen LogP contribution in [0.15, 0.2) is 18.2 Å². The number of rotatable bonds is 11. The molecule has 0 aromatic heterocycles. The van der Waals surface area contributed by atoms with Crippen molar-refractivity contribution in [2.75, 3.05) is 26.4 Å². The van der Waals surface area contributed by atoms with Gasteiger partial charge in [-0.25, -0.2) is 4.79 Å². The lowest BCUT2D eigenvalue weighted by Crippen LogP contribution is -2.03. The molecule has 0 unspecified atom stereocenters. The van der Waals surface area contributed by atoms with Gasteiger partial charge in [-0.1, -0.05) is 13.3 Å². The highest BCUT2D eigenvalue weighted by Crippen LogP contribution is 2.36. The first-order valence-electron chi connectivity index (χ1n) is 8.57. The molecular formula is C19H28O5. The number of esters is 1. The molecule has 24 heavy (non-hydrogen) atoms. The first kappa shape index (κ1) is 19.9. The Balaban J connectivity index is 3.00. The van der Waals surface area contributed by atoms with Gasteiger partial charge in [0.25, 0.3) is 0 Å². The van der Waals surface area contributed by atoms with Crippen LogP contribution in [-0.4, -0.2) is 32.4 Å². The van der Waals surface area contributed by atoms with E-state index in [1.807, 2.05) is 33.8 Å². The van der Waals surface area contributed by atoms with Gasteiger partial charge >= 0.3 is 5.97 Å². The molecule has 0 saturated heterocycles. The number of unbranched alkanes of at least 4 members (excludes halogenated alkanes) is 1. The van der Waals surface area contributed by atoms with Crippen molar-refractivity contribution < 1.29 is 23.7 Å². The lowest BCUT2D eigenvalue weighted by molar-refractivity contribution is -0.137. The Morgan fingerprint density at radius 2 is 1.50 bits per heavy atom. The summed E-state index contributed by atoms with van der Waals surface area (Å²) in [4.78, 5) is 11.7. The summed E-state index contributed by atoms with van der Waals surface area (Å²) in [5, 5.41) is 0. The lowest BCUT2D eigenvalue weighted by Gasteiger charge is -2.15. The van der Waals surface area contributed by atoms with Crippen LogP contribution in [0.1, 0.15) is 46.1 Å². The molecule has 0 amide bonds. The normalized spacial score (nSPS) is 10.7. The fraction of sp³-hybridized carbons (Fsp3) is 0.526. The van der Waals surface area contributed by atoms with E-state index in [0.29, 0.717) is 43.7 Å². The molecule has 0 atom stereocenters. The molecule has 0 N–H and O–H groups in total. The molecule has 0 aliphatic heterocycles. The van der Waals surface area contributed by atoms with Crippen LogP contribution < -0.4 is 14.2 Å². The van der Waals surface area contributed by atoms with E-state index in [2.05, 4.69) is 0 Å². The third-order valence-corrected chi connectivity index (χ3v) is 3.12. The van der Waals surface area contributed by atoms with Crippen LogP contribution in [0.3, 0.4) is 0 Å². The predicted octanol–water partition coefficient (Wildman–Crippen LogP) is 4.24. The van der Waals surface area contributed by atoms with Gasteiger partial charge in [0.2, 0.25) is 0 Å². The Morgan fingerprint density at radius 1 is 0.917 bits per heavy atom. The van der Waals surface area contributed by atoms with Gasteiger partial charge in [-0.05, 0) is 39.3 Å². The summed E-state index contributed by atoms with van der Waals surface area (Å²) < 4.78 is 22.0. The zero-order chi connectivity index (χ0) is 17.8. The van der Waals surface area contributed by atoms with Gasteiger partial charge in [0.05, 0.1) is 26.4 Å². The molecular weight excluding hydrogens is 308 g/mol. The van der Waals surface area contributed by atoms with Crippen LogP contribution in [0, 0.1) is 0 Å². The second-order valence-corrected chi connectivity index (χ2v) is 4.99. The number of carbonyl (C=O) groups is 1. The van der Waals surface area contributed by atoms with Crippen LogP contribution >= 0.6 is 0 Å². The highest BCUT2D eigenvalue weighted by Gasteiger charge is 2.12. The molecule has 1 rings (SSSR count). The van der Waals surface area contributed by atoms with E-state index >= 15 is 0 Å². The molecule has 1 aromatic carbocycles. The van der Waals surface area contributed by atoms with E-state index in [-0.39, 0.29) is 5.97 Å². The van der Waals surface area contributed by atoms with Gasteiger partial charge in [0.15, 0.2) is 11.5 Å². The van der Waals surface area contributed by atoms with Crippen molar-refractivity contribution in [2.45, 2.75) is 40.5 Å². The summed E-state index contributed by atoms with van der Waals surface area (Å²) in [6.07, 6.45) is 4.94. The molecule has 5 heteroatoms. The van der Waals surface area contributed by atoms with E-state index in [0.717, 1.165) is 18.4 Å². The van der Waals surface area contributed by atoms with Gasteiger partial charge in [0, 0.05) is 17.7 Å². The van der Waals surface area contributed by atoms with Crippen LogP contribution in [0.4, 0.5) is 0 Å². The fourth-order valence-corrected chi connectivity index (χ4v) is 2.03. The van der Waals surface area contributed by atoms with Crippen LogP contribution in [0.5, 0.6) is 17.2 Å². The minimum atomic E-state index is -0.363. The summed E-state index contributed by atoms with van der Waals surface area (Å²) in [6, 6.07) is 3.61. The second-order valence-electron chi connectivity index (χ2n) is 4.99. The van der Waals surface area contributed by atoms with Crippen molar-refractivity contribution in [1.82, 2.24) is 0 Å². The number of benzene rings is 1. The number of carbonyl (C=O) groups excluding carboxylic acids is 1. The third-order valence-electron chi connectivity index (χ3n) is 3.12. The van der Waals surface area contributed by atoms with Gasteiger partial charge in [-0.2, -0.15) is 0 Å². The average Bonchev–Trinajstić information content (AvgIpc) is 2.56. The summed E-state index contributed by atoms with van der Waals surface area (Å²) in [6.45, 7) is 9.78. The first-order chi connectivity index (χ1) is 11.7. The predicted molar refractivity (Wildman–Crippen MR) is 94.9 cm³/mol. The highest BCUT2D eigenvalue weighted by atomic mass is 16.5. The maximum Gasteiger partial charge on any atom is 0.330 e. The molecule has 0 saturated carbocycles. The van der Waals surface area contributed by atoms with Crippen molar-refractivity contribution in [1.29, 1.82) is 0 Å². The number of hydrogen-bond donors (Lipinski definition) is 0. The van der Waals surface area contributed by atoms with Crippen LogP contribution in [0.25, 0.3) is 6.08 Å². The first-order valence-corrected chi connectivity index (χ1v) is 8.57. The zero-order valence-electron chi connectivity index (χ0n) is 15.1. The smallest absolute Gasteiger partial charge is 0.330 e. The molecule has 0 aliphatic carbocycles. The molecule has 0 fully saturated rings. The summed E-state index contributed by atoms with van der Waals surface area (Å²) in [7, 11) is 0. The second kappa shape index (κ2) is 11.4. The third kappa shape index (κ3) is 6.52. The van der Waals surface area contributed by atoms with Gasteiger partial charge in [-0.15, -0.1) is 0 Å².